The van der Waals surface area contributed by atoms with E-state index in [0.717, 1.165) is 22.7 Å². The SMILES string of the molecule is [BiH3].[S]=[Bi].[SeH]. The van der Waals surface area contributed by atoms with Crippen LogP contribution in [0.15, 0.2) is 0 Å². The van der Waals surface area contributed by atoms with Crippen LogP contribution >= 0.6 is 8.86 Å². The summed E-state index contributed by atoms with van der Waals surface area (Å²) in [6, 6.07) is 0. The standard InChI is InChI=1S/2Bi.S.HSe.3H/h;;;1H;;;. The Morgan fingerprint density at radius 3 is 1.25 bits per heavy atom. The van der Waals surface area contributed by atoms with E-state index in [2.05, 4.69) is 8.86 Å². The zero-order valence-corrected chi connectivity index (χ0v) is 13.7. The molecule has 0 saturated heterocycles. The summed E-state index contributed by atoms with van der Waals surface area (Å²) in [6.45, 7) is 0. The van der Waals surface area contributed by atoms with Crippen LogP contribution in [0.5, 0.6) is 0 Å². The second-order valence-corrected chi connectivity index (χ2v) is 0. The van der Waals surface area contributed by atoms with Crippen LogP contribution in [-0.4, -0.2) is 66.0 Å². The molecule has 0 fully saturated rings. The Labute approximate surface area is 73.5 Å². The Balaban J connectivity index is -0.00000000500. The van der Waals surface area contributed by atoms with Crippen LogP contribution in [0, 0.1) is 0 Å². The molecule has 0 aliphatic heterocycles. The first kappa shape index (κ1) is 16.0. The van der Waals surface area contributed by atoms with E-state index in [4.69, 9.17) is 0 Å². The maximum atomic E-state index is 4.19. The third kappa shape index (κ3) is 8.82. The van der Waals surface area contributed by atoms with E-state index in [1.165, 1.54) is 0 Å². The van der Waals surface area contributed by atoms with E-state index in [-0.39, 0.29) is 43.3 Å². The molecule has 0 unspecified atom stereocenters. The van der Waals surface area contributed by atoms with Crippen LogP contribution in [0.25, 0.3) is 0 Å². The average molecular weight is 533 g/mol. The van der Waals surface area contributed by atoms with Crippen molar-refractivity contribution in [1.29, 1.82) is 0 Å². The van der Waals surface area contributed by atoms with Gasteiger partial charge in [0.2, 0.25) is 0 Å². The van der Waals surface area contributed by atoms with Gasteiger partial charge < -0.3 is 0 Å². The first-order valence-electron chi connectivity index (χ1n) is 0.183. The van der Waals surface area contributed by atoms with Crippen LogP contribution in [0.1, 0.15) is 0 Å². The van der Waals surface area contributed by atoms with Crippen molar-refractivity contribution in [2.45, 2.75) is 0 Å². The van der Waals surface area contributed by atoms with Crippen LogP contribution < -0.4 is 0 Å². The first-order valence-corrected chi connectivity index (χ1v) is 4.81. The van der Waals surface area contributed by atoms with Gasteiger partial charge in [0.15, 0.2) is 0 Å². The monoisotopic (exact) mass is 534 g/mol. The summed E-state index contributed by atoms with van der Waals surface area (Å²) in [5.74, 6) is 0. The van der Waals surface area contributed by atoms with Gasteiger partial charge in [-0.1, -0.05) is 0 Å². The minimum atomic E-state index is 0. The van der Waals surface area contributed by atoms with Crippen LogP contribution in [0.3, 0.4) is 0 Å². The predicted octanol–water partition coefficient (Wildman–Crippen LogP) is -1.57. The third-order valence-corrected chi connectivity index (χ3v) is 0. The van der Waals surface area contributed by atoms with Gasteiger partial charge in [-0.25, -0.2) is 0 Å². The Hall–Kier alpha value is 2.51. The van der Waals surface area contributed by atoms with Gasteiger partial charge in [0, 0.05) is 0 Å². The molecular weight excluding hydrogens is 529 g/mol. The summed E-state index contributed by atoms with van der Waals surface area (Å²) in [7, 11) is 4.19. The molecule has 0 aromatic carbocycles. The van der Waals surface area contributed by atoms with Gasteiger partial charge in [-0.2, -0.15) is 0 Å². The fourth-order valence-electron chi connectivity index (χ4n) is 0. The van der Waals surface area contributed by atoms with Gasteiger partial charge in [-0.05, 0) is 0 Å². The molecule has 0 rings (SSSR count). The molecule has 0 N–H and O–H groups in total. The Morgan fingerprint density at radius 1 is 1.25 bits per heavy atom. The summed E-state index contributed by atoms with van der Waals surface area (Å²) in [6.07, 6.45) is 0. The molecule has 0 bridgehead atoms. The van der Waals surface area contributed by atoms with Crippen molar-refractivity contribution in [1.82, 2.24) is 0 Å². The van der Waals surface area contributed by atoms with Gasteiger partial charge in [0.05, 0.1) is 0 Å². The summed E-state index contributed by atoms with van der Waals surface area (Å²) in [4.78, 5) is 0. The van der Waals surface area contributed by atoms with E-state index in [9.17, 15) is 0 Å². The van der Waals surface area contributed by atoms with Gasteiger partial charge in [0.1, 0.15) is 0 Å². The van der Waals surface area contributed by atoms with Crippen molar-refractivity contribution in [3.8, 4) is 0 Å². The molecule has 0 amide bonds. The summed E-state index contributed by atoms with van der Waals surface area (Å²) in [5, 5.41) is 0. The van der Waals surface area contributed by atoms with Crippen molar-refractivity contribution in [2.24, 2.45) is 0 Å². The molecule has 0 aromatic heterocycles. The van der Waals surface area contributed by atoms with Crippen molar-refractivity contribution in [3.63, 3.8) is 0 Å². The van der Waals surface area contributed by atoms with Crippen LogP contribution in [-0.2, 0) is 0 Å². The van der Waals surface area contributed by atoms with E-state index in [1.54, 1.807) is 0 Å². The second-order valence-electron chi connectivity index (χ2n) is 0. The topological polar surface area (TPSA) is 0 Å². The minimum absolute atomic E-state index is 0. The molecule has 4 heteroatoms. The maximum absolute atomic E-state index is 4.19. The molecule has 2 radical (unpaired) electrons. The number of hydrogen-bond acceptors (Lipinski definition) is 1. The van der Waals surface area contributed by atoms with E-state index < -0.39 is 0 Å². The second kappa shape index (κ2) is 17.8. The molecule has 0 nitrogen and oxygen atoms in total. The molecule has 26 valence electrons. The fraction of sp³-hybridized carbons (Fsp3) is 0. The molecule has 0 saturated carbocycles. The summed E-state index contributed by atoms with van der Waals surface area (Å²) >= 11 is 1.03. The van der Waals surface area contributed by atoms with Crippen LogP contribution in [0.2, 0.25) is 0 Å². The Bertz CT molecular complexity index is 6.00. The molecule has 0 spiro atoms. The molecule has 0 aliphatic carbocycles. The van der Waals surface area contributed by atoms with Crippen molar-refractivity contribution in [3.05, 3.63) is 0 Å². The van der Waals surface area contributed by atoms with Gasteiger partial charge in [-0.15, -0.1) is 0 Å². The normalized spacial score (nSPS) is 1.00. The molecule has 0 aliphatic rings. The Kier molecular flexibility index (Phi) is 71.4. The zero-order chi connectivity index (χ0) is 2.00. The quantitative estimate of drug-likeness (QED) is 0.340. The van der Waals surface area contributed by atoms with Gasteiger partial charge in [-0.3, -0.25) is 0 Å². The number of rotatable bonds is 0. The molecular formula is H4Bi2SSe. The fourth-order valence-corrected chi connectivity index (χ4v) is 0. The summed E-state index contributed by atoms with van der Waals surface area (Å²) in [5.41, 5.74) is 0. The van der Waals surface area contributed by atoms with Gasteiger partial charge in [0.25, 0.3) is 0 Å². The van der Waals surface area contributed by atoms with E-state index >= 15 is 0 Å². The van der Waals surface area contributed by atoms with Crippen molar-refractivity contribution < 1.29 is 0 Å². The Morgan fingerprint density at radius 2 is 1.25 bits per heavy atom. The van der Waals surface area contributed by atoms with E-state index in [0.29, 0.717) is 0 Å². The van der Waals surface area contributed by atoms with Crippen LogP contribution in [0.4, 0.5) is 0 Å². The first-order chi connectivity index (χ1) is 1.00. The predicted molar refractivity (Wildman–Crippen MR) is 30.4 cm³/mol. The third-order valence-electron chi connectivity index (χ3n) is 0. The number of hydrogen-bond donors (Lipinski definition) is 0. The van der Waals surface area contributed by atoms with Crippen molar-refractivity contribution >= 4 is 74.8 Å². The molecule has 0 atom stereocenters. The summed E-state index contributed by atoms with van der Waals surface area (Å²) < 4.78 is 0. The average Bonchev–Trinajstić information content (AvgIpc) is 1.00. The van der Waals surface area contributed by atoms with Gasteiger partial charge >= 0.3 is 74.8 Å². The zero-order valence-electron chi connectivity index (χ0n) is 2.01. The molecule has 0 aromatic rings. The van der Waals surface area contributed by atoms with Crippen molar-refractivity contribution in [2.75, 3.05) is 0 Å². The molecule has 4 heavy (non-hydrogen) atoms. The van der Waals surface area contributed by atoms with E-state index in [1.807, 2.05) is 0 Å². The molecule has 0 heterocycles.